The van der Waals surface area contributed by atoms with Crippen molar-refractivity contribution in [3.8, 4) is 0 Å². The molecule has 0 unspecified atom stereocenters. The number of hydrogen-bond donors (Lipinski definition) is 1. The van der Waals surface area contributed by atoms with Crippen LogP contribution in [0.1, 0.15) is 46.4 Å². The average molecular weight is 308 g/mol. The molecule has 0 saturated carbocycles. The summed E-state index contributed by atoms with van der Waals surface area (Å²) >= 11 is 0. The third-order valence-electron chi connectivity index (χ3n) is 3.46. The van der Waals surface area contributed by atoms with E-state index in [4.69, 9.17) is 9.47 Å². The van der Waals surface area contributed by atoms with Crippen LogP contribution in [0.5, 0.6) is 0 Å². The van der Waals surface area contributed by atoms with Gasteiger partial charge in [0.05, 0.1) is 18.3 Å². The van der Waals surface area contributed by atoms with E-state index < -0.39 is 29.6 Å². The smallest absolute Gasteiger partial charge is 0.413 e. The maximum Gasteiger partial charge on any atom is 0.413 e. The number of aromatic nitrogens is 1. The number of amides is 1. The van der Waals surface area contributed by atoms with E-state index in [-0.39, 0.29) is 6.61 Å². The fourth-order valence-electron chi connectivity index (χ4n) is 2.48. The Kier molecular flexibility index (Phi) is 4.44. The first kappa shape index (κ1) is 16.7. The molecule has 122 valence electrons. The van der Waals surface area contributed by atoms with Crippen molar-refractivity contribution in [1.29, 1.82) is 0 Å². The van der Waals surface area contributed by atoms with Gasteiger partial charge in [-0.15, -0.1) is 0 Å². The highest BCUT2D eigenvalue weighted by Crippen LogP contribution is 2.34. The molecule has 6 nitrogen and oxygen atoms in total. The number of hydrogen-bond acceptors (Lipinski definition) is 5. The van der Waals surface area contributed by atoms with Gasteiger partial charge in [0, 0.05) is 6.20 Å². The second-order valence-electron chi connectivity index (χ2n) is 6.87. The van der Waals surface area contributed by atoms with Crippen molar-refractivity contribution in [2.24, 2.45) is 0 Å². The van der Waals surface area contributed by atoms with E-state index in [1.807, 2.05) is 0 Å². The van der Waals surface area contributed by atoms with Gasteiger partial charge >= 0.3 is 6.09 Å². The number of carbonyl (C=O) groups excluding carboxylic acids is 1. The van der Waals surface area contributed by atoms with Gasteiger partial charge in [0.25, 0.3) is 0 Å². The van der Waals surface area contributed by atoms with Gasteiger partial charge in [-0.1, -0.05) is 6.07 Å². The van der Waals surface area contributed by atoms with E-state index in [9.17, 15) is 9.90 Å². The summed E-state index contributed by atoms with van der Waals surface area (Å²) in [6.07, 6.45) is 0.169. The molecule has 0 bridgehead atoms. The largest absolute Gasteiger partial charge is 0.444 e. The highest BCUT2D eigenvalue weighted by molar-refractivity contribution is 5.70. The zero-order valence-corrected chi connectivity index (χ0v) is 13.7. The van der Waals surface area contributed by atoms with E-state index in [0.717, 1.165) is 0 Å². The van der Waals surface area contributed by atoms with Crippen LogP contribution in [0.3, 0.4) is 0 Å². The topological polar surface area (TPSA) is 71.9 Å². The first-order valence-corrected chi connectivity index (χ1v) is 7.37. The summed E-state index contributed by atoms with van der Waals surface area (Å²) in [6, 6.07) is 4.75. The van der Waals surface area contributed by atoms with Crippen molar-refractivity contribution >= 4 is 6.09 Å². The lowest BCUT2D eigenvalue weighted by Gasteiger charge is -2.36. The van der Waals surface area contributed by atoms with Crippen LogP contribution in [-0.4, -0.2) is 45.1 Å². The number of rotatable bonds is 2. The molecular weight excluding hydrogens is 284 g/mol. The fraction of sp³-hybridized carbons (Fsp3) is 0.625. The molecule has 1 amide bonds. The molecular formula is C16H24N2O4. The monoisotopic (exact) mass is 308 g/mol. The molecule has 1 N–H and O–H groups in total. The van der Waals surface area contributed by atoms with Crippen LogP contribution < -0.4 is 0 Å². The summed E-state index contributed by atoms with van der Waals surface area (Å²) in [5, 5.41) is 10.6. The zero-order chi connectivity index (χ0) is 16.5. The molecule has 0 radical (unpaired) electrons. The molecule has 0 aliphatic carbocycles. The minimum Gasteiger partial charge on any atom is -0.444 e. The first-order chi connectivity index (χ1) is 10.1. The molecule has 1 aromatic rings. The molecule has 22 heavy (non-hydrogen) atoms. The van der Waals surface area contributed by atoms with Gasteiger partial charge in [-0.25, -0.2) is 4.79 Å². The third kappa shape index (κ3) is 3.56. The summed E-state index contributed by atoms with van der Waals surface area (Å²) in [6.45, 7) is 9.20. The molecule has 2 heterocycles. The number of aliphatic hydroxyl groups excluding tert-OH is 1. The molecule has 1 aliphatic rings. The van der Waals surface area contributed by atoms with E-state index in [1.54, 1.807) is 59.0 Å². The molecule has 1 saturated heterocycles. The van der Waals surface area contributed by atoms with Crippen LogP contribution in [0, 0.1) is 0 Å². The van der Waals surface area contributed by atoms with Crippen LogP contribution in [0.2, 0.25) is 0 Å². The van der Waals surface area contributed by atoms with Gasteiger partial charge in [0.15, 0.2) is 0 Å². The highest BCUT2D eigenvalue weighted by Gasteiger charge is 2.48. The SMILES string of the molecule is CC(C)(C)OC(=O)N1[C@H]([C@@H](O)c2ccccn2)COC1(C)C. The Balaban J connectivity index is 2.25. The molecule has 2 atom stereocenters. The minimum absolute atomic E-state index is 0.226. The minimum atomic E-state index is -0.935. The predicted molar refractivity (Wildman–Crippen MR) is 81.1 cm³/mol. The van der Waals surface area contributed by atoms with Crippen molar-refractivity contribution < 1.29 is 19.4 Å². The maximum absolute atomic E-state index is 12.5. The molecule has 1 aliphatic heterocycles. The summed E-state index contributed by atoms with van der Waals surface area (Å²) in [7, 11) is 0. The normalized spacial score (nSPS) is 22.5. The fourth-order valence-corrected chi connectivity index (χ4v) is 2.48. The zero-order valence-electron chi connectivity index (χ0n) is 13.7. The van der Waals surface area contributed by atoms with Crippen LogP contribution in [0.4, 0.5) is 4.79 Å². The van der Waals surface area contributed by atoms with Crippen molar-refractivity contribution in [2.45, 2.75) is 58.1 Å². The van der Waals surface area contributed by atoms with E-state index in [2.05, 4.69) is 4.98 Å². The van der Waals surface area contributed by atoms with E-state index in [1.165, 1.54) is 4.90 Å². The Labute approximate surface area is 131 Å². The lowest BCUT2D eigenvalue weighted by atomic mass is 10.1. The lowest BCUT2D eigenvalue weighted by molar-refractivity contribution is -0.0681. The van der Waals surface area contributed by atoms with Gasteiger partial charge in [-0.2, -0.15) is 0 Å². The molecule has 1 fully saturated rings. The number of carbonyl (C=O) groups is 1. The van der Waals surface area contributed by atoms with Gasteiger partial charge < -0.3 is 14.6 Å². The Morgan fingerprint density at radius 1 is 1.50 bits per heavy atom. The second kappa shape index (κ2) is 5.85. The van der Waals surface area contributed by atoms with E-state index >= 15 is 0 Å². The van der Waals surface area contributed by atoms with Gasteiger partial charge in [0.2, 0.25) is 0 Å². The number of pyridine rings is 1. The van der Waals surface area contributed by atoms with Crippen LogP contribution in [0.25, 0.3) is 0 Å². The van der Waals surface area contributed by atoms with Gasteiger partial charge in [0.1, 0.15) is 17.4 Å². The molecule has 6 heteroatoms. The average Bonchev–Trinajstić information content (AvgIpc) is 2.72. The first-order valence-electron chi connectivity index (χ1n) is 7.37. The Bertz CT molecular complexity index is 525. The van der Waals surface area contributed by atoms with Gasteiger partial charge in [-0.3, -0.25) is 9.88 Å². The van der Waals surface area contributed by atoms with Gasteiger partial charge in [-0.05, 0) is 46.8 Å². The summed E-state index contributed by atoms with van der Waals surface area (Å²) < 4.78 is 11.1. The second-order valence-corrected chi connectivity index (χ2v) is 6.87. The predicted octanol–water partition coefficient (Wildman–Crippen LogP) is 2.49. The Morgan fingerprint density at radius 2 is 2.18 bits per heavy atom. The van der Waals surface area contributed by atoms with Crippen molar-refractivity contribution in [2.75, 3.05) is 6.61 Å². The summed E-state index contributed by atoms with van der Waals surface area (Å²) in [4.78, 5) is 18.1. The van der Waals surface area contributed by atoms with Crippen LogP contribution in [0.15, 0.2) is 24.4 Å². The quantitative estimate of drug-likeness (QED) is 0.909. The number of ether oxygens (including phenoxy) is 2. The highest BCUT2D eigenvalue weighted by atomic mass is 16.6. The van der Waals surface area contributed by atoms with Crippen molar-refractivity contribution in [1.82, 2.24) is 9.88 Å². The molecule has 1 aromatic heterocycles. The van der Waals surface area contributed by atoms with Crippen molar-refractivity contribution in [3.63, 3.8) is 0 Å². The number of aliphatic hydroxyl groups is 1. The third-order valence-corrected chi connectivity index (χ3v) is 3.46. The molecule has 0 spiro atoms. The standard InChI is InChI=1S/C16H24N2O4/c1-15(2,3)22-14(20)18-12(10-21-16(18,4)5)13(19)11-8-6-7-9-17-11/h6-9,12-13,19H,10H2,1-5H3/t12-,13-/m0/s1. The summed E-state index contributed by atoms with van der Waals surface area (Å²) in [5.41, 5.74) is -0.957. The maximum atomic E-state index is 12.5. The Morgan fingerprint density at radius 3 is 2.73 bits per heavy atom. The van der Waals surface area contributed by atoms with Crippen LogP contribution >= 0.6 is 0 Å². The number of nitrogens with zero attached hydrogens (tertiary/aromatic N) is 2. The van der Waals surface area contributed by atoms with Crippen LogP contribution in [-0.2, 0) is 9.47 Å². The summed E-state index contributed by atoms with van der Waals surface area (Å²) in [5.74, 6) is 0. The Hall–Kier alpha value is -1.66. The molecule has 2 rings (SSSR count). The molecule has 0 aromatic carbocycles. The lowest BCUT2D eigenvalue weighted by Crippen LogP contribution is -2.51. The van der Waals surface area contributed by atoms with Crippen molar-refractivity contribution in [3.05, 3.63) is 30.1 Å². The van der Waals surface area contributed by atoms with E-state index in [0.29, 0.717) is 5.69 Å².